The van der Waals surface area contributed by atoms with Gasteiger partial charge >= 0.3 is 0 Å². The molecule has 0 amide bonds. The number of nitro groups is 1. The lowest BCUT2D eigenvalue weighted by Crippen LogP contribution is -2.24. The van der Waals surface area contributed by atoms with Crippen LogP contribution in [0.5, 0.6) is 0 Å². The maximum Gasteiger partial charge on any atom is 0.284 e. The predicted molar refractivity (Wildman–Crippen MR) is 135 cm³/mol. The first-order valence-electron chi connectivity index (χ1n) is 10.1. The number of nitrogens with zero attached hydrogens (tertiary/aromatic N) is 4. The molecule has 0 aliphatic carbocycles. The number of hydrogen-bond acceptors (Lipinski definition) is 6. The molecule has 1 aliphatic heterocycles. The third kappa shape index (κ3) is 5.14. The van der Waals surface area contributed by atoms with Gasteiger partial charge in [-0.3, -0.25) is 10.1 Å². The van der Waals surface area contributed by atoms with E-state index < -0.39 is 14.9 Å². The van der Waals surface area contributed by atoms with E-state index in [9.17, 15) is 18.5 Å². The number of thioether (sulfide) groups is 1. The molecule has 34 heavy (non-hydrogen) atoms. The highest BCUT2D eigenvalue weighted by Crippen LogP contribution is 2.31. The summed E-state index contributed by atoms with van der Waals surface area (Å²) in [5.74, 6) is -0.182. The van der Waals surface area contributed by atoms with Crippen molar-refractivity contribution in [2.24, 2.45) is 9.50 Å². The summed E-state index contributed by atoms with van der Waals surface area (Å²) in [5, 5.41) is 18.0. The van der Waals surface area contributed by atoms with E-state index in [-0.39, 0.29) is 21.7 Å². The van der Waals surface area contributed by atoms with Gasteiger partial charge in [-0.15, -0.1) is 4.40 Å². The lowest BCUT2D eigenvalue weighted by Gasteiger charge is -2.17. The molecule has 0 aromatic heterocycles. The number of halogens is 1. The van der Waals surface area contributed by atoms with Gasteiger partial charge in [0.2, 0.25) is 0 Å². The Morgan fingerprint density at radius 2 is 1.74 bits per heavy atom. The van der Waals surface area contributed by atoms with Crippen LogP contribution in [0.25, 0.3) is 0 Å². The maximum absolute atomic E-state index is 12.9. The van der Waals surface area contributed by atoms with E-state index in [0.717, 1.165) is 5.56 Å². The fraction of sp³-hybridized carbons (Fsp3) is 0.130. The second kappa shape index (κ2) is 9.96. The predicted octanol–water partition coefficient (Wildman–Crippen LogP) is 5.16. The van der Waals surface area contributed by atoms with Crippen LogP contribution in [0.1, 0.15) is 17.0 Å². The van der Waals surface area contributed by atoms with E-state index in [1.165, 1.54) is 48.2 Å². The second-order valence-electron chi connectivity index (χ2n) is 7.34. The lowest BCUT2D eigenvalue weighted by atomic mass is 9.90. The molecule has 3 aromatic rings. The number of amidine groups is 1. The number of rotatable bonds is 5. The minimum Gasteiger partial charge on any atom is -0.258 e. The van der Waals surface area contributed by atoms with Crippen molar-refractivity contribution in [3.63, 3.8) is 0 Å². The van der Waals surface area contributed by atoms with Crippen LogP contribution >= 0.6 is 23.4 Å². The molecule has 174 valence electrons. The molecule has 0 saturated heterocycles. The van der Waals surface area contributed by atoms with Gasteiger partial charge in [0.25, 0.3) is 15.7 Å². The molecule has 4 rings (SSSR count). The summed E-state index contributed by atoms with van der Waals surface area (Å²) in [6, 6.07) is 21.6. The van der Waals surface area contributed by atoms with Crippen molar-refractivity contribution in [1.29, 1.82) is 0 Å². The molecule has 0 fully saturated rings. The number of nitro benzene ring substituents is 1. The molecule has 0 spiro atoms. The van der Waals surface area contributed by atoms with Gasteiger partial charge in [-0.05, 0) is 53.8 Å². The number of hydrazone groups is 1. The fourth-order valence-corrected chi connectivity index (χ4v) is 5.46. The Hall–Kier alpha value is -3.21. The molecule has 1 heterocycles. The molecule has 1 atom stereocenters. The van der Waals surface area contributed by atoms with Gasteiger partial charge in [-0.2, -0.15) is 13.5 Å². The molecular weight excluding hydrogens is 496 g/mol. The van der Waals surface area contributed by atoms with Gasteiger partial charge in [0, 0.05) is 23.1 Å². The van der Waals surface area contributed by atoms with Crippen LogP contribution in [0.2, 0.25) is 5.02 Å². The van der Waals surface area contributed by atoms with Crippen LogP contribution in [0, 0.1) is 10.1 Å². The van der Waals surface area contributed by atoms with Crippen molar-refractivity contribution < 1.29 is 13.3 Å². The fourth-order valence-electron chi connectivity index (χ4n) is 3.53. The third-order valence-electron chi connectivity index (χ3n) is 5.20. The van der Waals surface area contributed by atoms with E-state index in [2.05, 4.69) is 4.40 Å². The van der Waals surface area contributed by atoms with Crippen LogP contribution in [0.15, 0.2) is 93.3 Å². The van der Waals surface area contributed by atoms with E-state index >= 15 is 0 Å². The average Bonchev–Trinajstić information content (AvgIpc) is 3.29. The summed E-state index contributed by atoms with van der Waals surface area (Å²) in [5.41, 5.74) is 2.36. The highest BCUT2D eigenvalue weighted by molar-refractivity contribution is 8.13. The molecule has 3 aromatic carbocycles. The topological polar surface area (TPSA) is 105 Å². The minimum absolute atomic E-state index is 0.0177. The zero-order chi connectivity index (χ0) is 24.3. The normalized spacial score (nSPS) is 16.4. The first-order valence-corrected chi connectivity index (χ1v) is 13.1. The summed E-state index contributed by atoms with van der Waals surface area (Å²) in [4.78, 5) is 10.6. The van der Waals surface area contributed by atoms with Crippen molar-refractivity contribution in [1.82, 2.24) is 5.01 Å². The Balaban J connectivity index is 1.74. The second-order valence-corrected chi connectivity index (χ2v) is 10.2. The first kappa shape index (κ1) is 23.9. The quantitative estimate of drug-likeness (QED) is 0.201. The summed E-state index contributed by atoms with van der Waals surface area (Å²) in [7, 11) is -3.98. The third-order valence-corrected chi connectivity index (χ3v) is 7.52. The van der Waals surface area contributed by atoms with Crippen LogP contribution in [-0.4, -0.2) is 42.0 Å². The summed E-state index contributed by atoms with van der Waals surface area (Å²) >= 11 is 7.04. The summed E-state index contributed by atoms with van der Waals surface area (Å²) < 4.78 is 29.8. The van der Waals surface area contributed by atoms with Crippen molar-refractivity contribution >= 4 is 50.0 Å². The molecule has 1 aliphatic rings. The molecule has 0 bridgehead atoms. The van der Waals surface area contributed by atoms with Gasteiger partial charge in [-0.1, -0.05) is 53.7 Å². The van der Waals surface area contributed by atoms with Gasteiger partial charge in [0.1, 0.15) is 0 Å². The van der Waals surface area contributed by atoms with Crippen molar-refractivity contribution in [2.75, 3.05) is 12.8 Å². The highest BCUT2D eigenvalue weighted by Gasteiger charge is 2.32. The van der Waals surface area contributed by atoms with Gasteiger partial charge < -0.3 is 0 Å². The maximum atomic E-state index is 12.9. The smallest absolute Gasteiger partial charge is 0.258 e. The molecule has 8 nitrogen and oxygen atoms in total. The summed E-state index contributed by atoms with van der Waals surface area (Å²) in [6.07, 6.45) is 1.73. The van der Waals surface area contributed by atoms with E-state index in [1.807, 2.05) is 30.3 Å². The Morgan fingerprint density at radius 1 is 1.09 bits per heavy atom. The highest BCUT2D eigenvalue weighted by atomic mass is 35.5. The van der Waals surface area contributed by atoms with Gasteiger partial charge in [0.15, 0.2) is 5.17 Å². The number of non-ortho nitro benzene ring substituents is 1. The average molecular weight is 515 g/mol. The van der Waals surface area contributed by atoms with E-state index in [1.54, 1.807) is 23.4 Å². The molecule has 11 heteroatoms. The Labute approximate surface area is 206 Å². The number of hydrogen-bond donors (Lipinski definition) is 0. The monoisotopic (exact) mass is 514 g/mol. The summed E-state index contributed by atoms with van der Waals surface area (Å²) in [6.45, 7) is 0.367. The Morgan fingerprint density at radius 3 is 2.32 bits per heavy atom. The lowest BCUT2D eigenvalue weighted by molar-refractivity contribution is -0.384. The van der Waals surface area contributed by atoms with Crippen LogP contribution in [-0.2, 0) is 10.0 Å². The molecule has 1 unspecified atom stereocenters. The largest absolute Gasteiger partial charge is 0.284 e. The number of sulfonamides is 1. The minimum atomic E-state index is -3.98. The molecule has 0 radical (unpaired) electrons. The van der Waals surface area contributed by atoms with E-state index in [0.29, 0.717) is 22.8 Å². The molecular formula is C23H19ClN4O4S2. The van der Waals surface area contributed by atoms with Gasteiger partial charge in [-0.25, -0.2) is 5.01 Å². The van der Waals surface area contributed by atoms with Crippen LogP contribution < -0.4 is 0 Å². The molecule has 0 saturated carbocycles. The first-order chi connectivity index (χ1) is 16.3. The Kier molecular flexibility index (Phi) is 7.01. The van der Waals surface area contributed by atoms with Crippen LogP contribution in [0.4, 0.5) is 5.69 Å². The Bertz CT molecular complexity index is 1360. The number of benzene rings is 3. The molecule has 0 N–H and O–H groups in total. The standard InChI is InChI=1S/C23H19ClN4O4S2/c1-33-23(26-34(31,32)20-13-9-18(24)10-14-20)27-15-21(16-5-3-2-4-6-16)22(25-27)17-7-11-19(12-8-17)28(29)30/h2-14,21H,15H2,1H3. The van der Waals surface area contributed by atoms with Crippen molar-refractivity contribution in [3.05, 3.63) is 105 Å². The SMILES string of the molecule is CSC(=NS(=O)(=O)c1ccc(Cl)cc1)N1CC(c2ccccc2)C(c2ccc([N+](=O)[O-])cc2)=N1. The van der Waals surface area contributed by atoms with Gasteiger partial charge in [0.05, 0.1) is 22.1 Å². The van der Waals surface area contributed by atoms with Crippen LogP contribution in [0.3, 0.4) is 0 Å². The van der Waals surface area contributed by atoms with Crippen molar-refractivity contribution in [3.8, 4) is 0 Å². The van der Waals surface area contributed by atoms with E-state index in [4.69, 9.17) is 16.7 Å². The zero-order valence-electron chi connectivity index (χ0n) is 17.9. The zero-order valence-corrected chi connectivity index (χ0v) is 20.3. The van der Waals surface area contributed by atoms with Crippen molar-refractivity contribution in [2.45, 2.75) is 10.8 Å².